The number of nitrogens with two attached hydrogens (primary N) is 1. The van der Waals surface area contributed by atoms with Gasteiger partial charge < -0.3 is 16.0 Å². The molecule has 6 heteroatoms. The molecule has 2 aromatic carbocycles. The lowest BCUT2D eigenvalue weighted by atomic mass is 9.95. The molecule has 0 bridgehead atoms. The molecular formula is C21H23N3O3. The summed E-state index contributed by atoms with van der Waals surface area (Å²) in [5.41, 5.74) is 8.16. The number of carbonyl (C=O) groups is 3. The Morgan fingerprint density at radius 2 is 1.81 bits per heavy atom. The highest BCUT2D eigenvalue weighted by Gasteiger charge is 2.25. The number of nitrogens with zero attached hydrogens (tertiary/aromatic N) is 1. The first-order valence-corrected chi connectivity index (χ1v) is 9.13. The van der Waals surface area contributed by atoms with Gasteiger partial charge in [0, 0.05) is 36.3 Å². The number of hydrogen-bond donors (Lipinski definition) is 2. The Morgan fingerprint density at radius 3 is 2.56 bits per heavy atom. The lowest BCUT2D eigenvalue weighted by Crippen LogP contribution is -2.36. The van der Waals surface area contributed by atoms with Crippen molar-refractivity contribution in [2.24, 2.45) is 5.73 Å². The molecule has 0 aromatic heterocycles. The zero-order chi connectivity index (χ0) is 19.2. The topological polar surface area (TPSA) is 92.5 Å². The smallest absolute Gasteiger partial charge is 0.251 e. The Kier molecular flexibility index (Phi) is 5.86. The summed E-state index contributed by atoms with van der Waals surface area (Å²) in [5.74, 6) is -0.617. The van der Waals surface area contributed by atoms with Crippen LogP contribution in [-0.4, -0.2) is 30.8 Å². The summed E-state index contributed by atoms with van der Waals surface area (Å²) in [6.45, 7) is 1.06. The number of nitrogens with one attached hydrogen (secondary N) is 1. The first-order chi connectivity index (χ1) is 13.1. The minimum Gasteiger partial charge on any atom is -0.366 e. The number of carbonyl (C=O) groups excluding carboxylic acids is 3. The van der Waals surface area contributed by atoms with Crippen LogP contribution < -0.4 is 16.0 Å². The van der Waals surface area contributed by atoms with Crippen molar-refractivity contribution in [1.82, 2.24) is 5.32 Å². The molecule has 0 saturated carbocycles. The van der Waals surface area contributed by atoms with E-state index in [-0.39, 0.29) is 11.8 Å². The zero-order valence-corrected chi connectivity index (χ0v) is 15.1. The van der Waals surface area contributed by atoms with Gasteiger partial charge in [0.2, 0.25) is 11.8 Å². The molecule has 0 radical (unpaired) electrons. The molecule has 0 aliphatic carbocycles. The van der Waals surface area contributed by atoms with Crippen LogP contribution in [0, 0.1) is 0 Å². The highest BCUT2D eigenvalue weighted by molar-refractivity contribution is 6.00. The molecule has 3 N–H and O–H groups in total. The summed E-state index contributed by atoms with van der Waals surface area (Å²) in [6.07, 6.45) is 2.42. The first-order valence-electron chi connectivity index (χ1n) is 9.13. The van der Waals surface area contributed by atoms with Gasteiger partial charge in [-0.05, 0) is 49.1 Å². The molecule has 27 heavy (non-hydrogen) atoms. The average Bonchev–Trinajstić information content (AvgIpc) is 2.70. The third kappa shape index (κ3) is 4.34. The highest BCUT2D eigenvalue weighted by Crippen LogP contribution is 2.30. The summed E-state index contributed by atoms with van der Waals surface area (Å²) in [7, 11) is 0. The van der Waals surface area contributed by atoms with E-state index >= 15 is 0 Å². The molecule has 1 heterocycles. The number of anilines is 1. The van der Waals surface area contributed by atoms with Crippen LogP contribution in [-0.2, 0) is 11.2 Å². The fraction of sp³-hybridized carbons (Fsp3) is 0.286. The molecule has 140 valence electrons. The van der Waals surface area contributed by atoms with E-state index in [2.05, 4.69) is 5.32 Å². The van der Waals surface area contributed by atoms with E-state index in [0.717, 1.165) is 24.1 Å². The van der Waals surface area contributed by atoms with Gasteiger partial charge in [-0.2, -0.15) is 0 Å². The van der Waals surface area contributed by atoms with Crippen molar-refractivity contribution >= 4 is 23.4 Å². The minimum atomic E-state index is -0.468. The van der Waals surface area contributed by atoms with Crippen molar-refractivity contribution in [3.63, 3.8) is 0 Å². The van der Waals surface area contributed by atoms with Crippen LogP contribution in [0.4, 0.5) is 5.69 Å². The maximum atomic E-state index is 12.7. The largest absolute Gasteiger partial charge is 0.366 e. The van der Waals surface area contributed by atoms with Gasteiger partial charge in [-0.15, -0.1) is 0 Å². The Labute approximate surface area is 158 Å². The van der Waals surface area contributed by atoms with Gasteiger partial charge in [0.05, 0.1) is 0 Å². The number of benzene rings is 2. The number of primary amides is 1. The van der Waals surface area contributed by atoms with Crippen LogP contribution in [0.1, 0.15) is 45.5 Å². The van der Waals surface area contributed by atoms with Gasteiger partial charge in [0.25, 0.3) is 5.91 Å². The Bertz CT molecular complexity index is 849. The molecule has 0 fully saturated rings. The molecule has 3 rings (SSSR count). The zero-order valence-electron chi connectivity index (χ0n) is 15.1. The van der Waals surface area contributed by atoms with Gasteiger partial charge in [-0.3, -0.25) is 14.4 Å². The van der Waals surface area contributed by atoms with Crippen LogP contribution in [0.25, 0.3) is 0 Å². The van der Waals surface area contributed by atoms with Gasteiger partial charge in [0.15, 0.2) is 0 Å². The lowest BCUT2D eigenvalue weighted by Gasteiger charge is -2.30. The maximum absolute atomic E-state index is 12.7. The molecular weight excluding hydrogens is 342 g/mol. The minimum absolute atomic E-state index is 0.00784. The van der Waals surface area contributed by atoms with E-state index in [1.807, 2.05) is 24.3 Å². The number of rotatable bonds is 6. The fourth-order valence-corrected chi connectivity index (χ4v) is 3.38. The maximum Gasteiger partial charge on any atom is 0.251 e. The first kappa shape index (κ1) is 18.6. The summed E-state index contributed by atoms with van der Waals surface area (Å²) in [5, 5.41) is 2.83. The summed E-state index contributed by atoms with van der Waals surface area (Å²) in [6, 6.07) is 14.3. The second-order valence-corrected chi connectivity index (χ2v) is 6.54. The van der Waals surface area contributed by atoms with Gasteiger partial charge in [-0.25, -0.2) is 0 Å². The molecule has 1 aliphatic heterocycles. The third-order valence-electron chi connectivity index (χ3n) is 4.71. The van der Waals surface area contributed by atoms with Crippen LogP contribution >= 0.6 is 0 Å². The average molecular weight is 365 g/mol. The second kappa shape index (κ2) is 8.49. The van der Waals surface area contributed by atoms with Crippen molar-refractivity contribution < 1.29 is 14.4 Å². The van der Waals surface area contributed by atoms with Crippen molar-refractivity contribution in [3.05, 3.63) is 65.2 Å². The van der Waals surface area contributed by atoms with Crippen molar-refractivity contribution in [2.75, 3.05) is 18.0 Å². The quantitative estimate of drug-likeness (QED) is 0.769. The molecule has 1 aliphatic rings. The predicted octanol–water partition coefficient (Wildman–Crippen LogP) is 2.27. The monoisotopic (exact) mass is 365 g/mol. The molecule has 2 aromatic rings. The summed E-state index contributed by atoms with van der Waals surface area (Å²) in [4.78, 5) is 38.0. The second-order valence-electron chi connectivity index (χ2n) is 6.54. The summed E-state index contributed by atoms with van der Waals surface area (Å²) >= 11 is 0. The Morgan fingerprint density at radius 1 is 1.04 bits per heavy atom. The van der Waals surface area contributed by atoms with Gasteiger partial charge in [-0.1, -0.05) is 24.3 Å². The summed E-state index contributed by atoms with van der Waals surface area (Å²) < 4.78 is 0. The van der Waals surface area contributed by atoms with Gasteiger partial charge in [0.1, 0.15) is 0 Å². The third-order valence-corrected chi connectivity index (χ3v) is 4.71. The van der Waals surface area contributed by atoms with E-state index in [1.165, 1.54) is 0 Å². The Hall–Kier alpha value is -3.15. The normalized spacial score (nSPS) is 13.0. The molecule has 0 spiro atoms. The highest BCUT2D eigenvalue weighted by atomic mass is 16.2. The Balaban J connectivity index is 1.56. The molecule has 0 saturated heterocycles. The van der Waals surface area contributed by atoms with Crippen LogP contribution in [0.2, 0.25) is 0 Å². The van der Waals surface area contributed by atoms with Crippen molar-refractivity contribution in [2.45, 2.75) is 25.7 Å². The van der Waals surface area contributed by atoms with Crippen LogP contribution in [0.3, 0.4) is 0 Å². The standard InChI is InChI=1S/C21H23N3O3/c22-20(26)17-9-4-11-18-16(17)10-6-14-24(18)19(25)12-5-13-23-21(27)15-7-2-1-3-8-15/h1-4,7-9,11H,5-6,10,12-14H2,(H2,22,26)(H,23,27). The SMILES string of the molecule is NC(=O)c1cccc2c1CCCN2C(=O)CCCNC(=O)c1ccccc1. The van der Waals surface area contributed by atoms with E-state index in [4.69, 9.17) is 5.73 Å². The molecule has 0 atom stereocenters. The number of hydrogen-bond acceptors (Lipinski definition) is 3. The molecule has 6 nitrogen and oxygen atoms in total. The van der Waals surface area contributed by atoms with Crippen molar-refractivity contribution in [1.29, 1.82) is 0 Å². The molecule has 0 unspecified atom stereocenters. The van der Waals surface area contributed by atoms with Gasteiger partial charge >= 0.3 is 0 Å². The van der Waals surface area contributed by atoms with Crippen LogP contribution in [0.5, 0.6) is 0 Å². The van der Waals surface area contributed by atoms with E-state index in [9.17, 15) is 14.4 Å². The molecule has 3 amide bonds. The number of fused-ring (bicyclic) bond motifs is 1. The lowest BCUT2D eigenvalue weighted by molar-refractivity contribution is -0.118. The van der Waals surface area contributed by atoms with Crippen molar-refractivity contribution in [3.8, 4) is 0 Å². The van der Waals surface area contributed by atoms with E-state index in [1.54, 1.807) is 29.2 Å². The van der Waals surface area contributed by atoms with E-state index in [0.29, 0.717) is 37.1 Å². The fourth-order valence-electron chi connectivity index (χ4n) is 3.38. The van der Waals surface area contributed by atoms with E-state index < -0.39 is 5.91 Å². The predicted molar refractivity (Wildman–Crippen MR) is 104 cm³/mol. The van der Waals surface area contributed by atoms with Crippen LogP contribution in [0.15, 0.2) is 48.5 Å². The number of amides is 3.